The zero-order valence-electron chi connectivity index (χ0n) is 49.2. The van der Waals surface area contributed by atoms with Gasteiger partial charge in [0.25, 0.3) is 5.91 Å². The van der Waals surface area contributed by atoms with Gasteiger partial charge in [-0.1, -0.05) is 27.7 Å². The third-order valence-electron chi connectivity index (χ3n) is 15.9. The molecule has 20 heteroatoms. The number of carbonyl (C=O) groups is 4. The second-order valence-corrected chi connectivity index (χ2v) is 23.2. The maximum Gasteiger partial charge on any atom is 0.422 e. The van der Waals surface area contributed by atoms with Gasteiger partial charge < -0.3 is 44.0 Å². The minimum atomic E-state index is -5.20. The van der Waals surface area contributed by atoms with Gasteiger partial charge in [0.15, 0.2) is 46.5 Å². The lowest BCUT2D eigenvalue weighted by molar-refractivity contribution is -0.270. The Balaban J connectivity index is 0.000000221. The molecule has 15 nitrogen and oxygen atoms in total. The van der Waals surface area contributed by atoms with Gasteiger partial charge in [0, 0.05) is 59.2 Å². The first kappa shape index (κ1) is 63.1. The molecule has 3 atom stereocenters. The van der Waals surface area contributed by atoms with E-state index in [4.69, 9.17) is 33.4 Å². The van der Waals surface area contributed by atoms with Crippen LogP contribution in [0, 0.1) is 25.5 Å². The van der Waals surface area contributed by atoms with E-state index in [1.807, 2.05) is 19.9 Å². The fourth-order valence-corrected chi connectivity index (χ4v) is 10.3. The molecule has 6 aromatic rings. The van der Waals surface area contributed by atoms with Crippen LogP contribution in [0.25, 0.3) is 22.5 Å². The van der Waals surface area contributed by atoms with Crippen LogP contribution in [0.3, 0.4) is 0 Å². The summed E-state index contributed by atoms with van der Waals surface area (Å²) in [5.41, 5.74) is -1.94. The van der Waals surface area contributed by atoms with Crippen LogP contribution < -0.4 is 33.7 Å². The van der Waals surface area contributed by atoms with E-state index in [1.165, 1.54) is 76.6 Å². The fourth-order valence-electron chi connectivity index (χ4n) is 10.3. The molecule has 0 spiro atoms. The Labute approximate surface area is 490 Å². The number of methoxy groups -OCH3 is 2. The van der Waals surface area contributed by atoms with Crippen molar-refractivity contribution in [2.24, 2.45) is 0 Å². The Morgan fingerprint density at radius 2 is 1.16 bits per heavy atom. The number of alkyl halides is 3. The number of aryl methyl sites for hydroxylation is 2. The summed E-state index contributed by atoms with van der Waals surface area (Å²) in [5, 5.41) is 25.7. The van der Waals surface area contributed by atoms with Crippen molar-refractivity contribution < 1.29 is 79.8 Å². The highest BCUT2D eigenvalue weighted by molar-refractivity contribution is 5.97. The molecule has 4 aromatic carbocycles. The summed E-state index contributed by atoms with van der Waals surface area (Å²) in [6.07, 6.45) is -5.49. The molecule has 3 aliphatic heterocycles. The van der Waals surface area contributed by atoms with Crippen LogP contribution in [0.1, 0.15) is 141 Å². The third kappa shape index (κ3) is 13.8. The van der Waals surface area contributed by atoms with E-state index in [0.29, 0.717) is 89.1 Å². The molecular formula is C65H70F5N3O12. The molecule has 0 saturated carbocycles. The number of aromatic nitrogens is 2. The number of pyridine rings is 2. The number of rotatable bonds is 19. The average Bonchev–Trinajstić information content (AvgIpc) is 2.20. The van der Waals surface area contributed by atoms with E-state index < -0.39 is 59.0 Å². The first-order valence-electron chi connectivity index (χ1n) is 27.9. The summed E-state index contributed by atoms with van der Waals surface area (Å²) in [5.74, 6) is -0.136. The highest BCUT2D eigenvalue weighted by Gasteiger charge is 2.57. The van der Waals surface area contributed by atoms with Crippen LogP contribution in [-0.4, -0.2) is 96.3 Å². The van der Waals surface area contributed by atoms with E-state index in [2.05, 4.69) is 24.1 Å². The lowest BCUT2D eigenvalue weighted by Gasteiger charge is -2.36. The molecule has 9 rings (SSSR count). The molecular weight excluding hydrogens is 1110 g/mol. The van der Waals surface area contributed by atoms with Crippen molar-refractivity contribution in [1.29, 1.82) is 0 Å². The van der Waals surface area contributed by atoms with Crippen LogP contribution in [0.15, 0.2) is 84.9 Å². The second-order valence-electron chi connectivity index (χ2n) is 23.2. The van der Waals surface area contributed by atoms with Crippen LogP contribution in [-0.2, 0) is 31.6 Å². The summed E-state index contributed by atoms with van der Waals surface area (Å²) in [7, 11) is 2.79. The van der Waals surface area contributed by atoms with Crippen molar-refractivity contribution in [3.63, 3.8) is 0 Å². The lowest BCUT2D eigenvalue weighted by Crippen LogP contribution is -2.44. The molecule has 3 unspecified atom stereocenters. The number of ether oxygens (including phenoxy) is 6. The molecule has 0 radical (unpaired) electrons. The Kier molecular flexibility index (Phi) is 18.5. The largest absolute Gasteiger partial charge is 0.493 e. The topological polar surface area (TPSA) is 202 Å². The maximum absolute atomic E-state index is 14.7. The number of ketones is 3. The van der Waals surface area contributed by atoms with Crippen LogP contribution in [0.4, 0.5) is 22.0 Å². The molecule has 3 N–H and O–H groups in total. The molecule has 2 aromatic heterocycles. The number of benzene rings is 4. The fraction of sp³-hybridized carbons (Fsp3) is 0.415. The molecule has 3 aliphatic rings. The van der Waals surface area contributed by atoms with Gasteiger partial charge in [-0.2, -0.15) is 13.2 Å². The van der Waals surface area contributed by atoms with Crippen molar-refractivity contribution in [2.45, 2.75) is 135 Å². The Hall–Kier alpha value is -7.97. The predicted molar refractivity (Wildman–Crippen MR) is 306 cm³/mol. The van der Waals surface area contributed by atoms with Gasteiger partial charge in [0.05, 0.1) is 38.8 Å². The van der Waals surface area contributed by atoms with Gasteiger partial charge in [-0.05, 0) is 160 Å². The number of hydrogen-bond donors (Lipinski definition) is 3. The SMILES string of the molecule is COc1cc(C(=O)CCC(C)(O)c2cc3c(c(-c4ccc(F)c(C)c4)n2)OCCC3(C)C)ccc1OC1CCNC1=O.COc1cc(C(=O)CCC(O)(c2cc3c(c(-c4ccc(F)c(C)c4)n2)OCCC3(C)C)C(F)(F)F)ccc1OCC(C)=O. The van der Waals surface area contributed by atoms with Crippen molar-refractivity contribution in [3.05, 3.63) is 141 Å². The highest BCUT2D eigenvalue weighted by Crippen LogP contribution is 2.50. The summed E-state index contributed by atoms with van der Waals surface area (Å²) in [4.78, 5) is 58.6. The number of Topliss-reactive ketones (excluding diaryl/α,β-unsaturated/α-hetero) is 3. The molecule has 1 saturated heterocycles. The quantitative estimate of drug-likeness (QED) is 0.0510. The minimum Gasteiger partial charge on any atom is -0.493 e. The van der Waals surface area contributed by atoms with Crippen molar-refractivity contribution in [2.75, 3.05) is 40.6 Å². The van der Waals surface area contributed by atoms with Gasteiger partial charge >= 0.3 is 6.18 Å². The lowest BCUT2D eigenvalue weighted by atomic mass is 9.77. The molecule has 85 heavy (non-hydrogen) atoms. The zero-order chi connectivity index (χ0) is 62.0. The third-order valence-corrected chi connectivity index (χ3v) is 15.9. The smallest absolute Gasteiger partial charge is 0.422 e. The molecule has 5 heterocycles. The van der Waals surface area contributed by atoms with Crippen LogP contribution in [0.2, 0.25) is 0 Å². The number of aliphatic hydroxyl groups is 2. The second kappa shape index (κ2) is 24.9. The number of amides is 1. The minimum absolute atomic E-state index is 0.0342. The van der Waals surface area contributed by atoms with Gasteiger partial charge in [-0.3, -0.25) is 19.2 Å². The van der Waals surface area contributed by atoms with Crippen molar-refractivity contribution >= 4 is 23.3 Å². The van der Waals surface area contributed by atoms with E-state index in [1.54, 1.807) is 44.2 Å². The van der Waals surface area contributed by atoms with Gasteiger partial charge in [0.2, 0.25) is 5.60 Å². The van der Waals surface area contributed by atoms with Crippen LogP contribution >= 0.6 is 0 Å². The van der Waals surface area contributed by atoms with E-state index in [-0.39, 0.29) is 82.2 Å². The predicted octanol–water partition coefficient (Wildman–Crippen LogP) is 12.0. The summed E-state index contributed by atoms with van der Waals surface area (Å²) < 4.78 is 106. The Morgan fingerprint density at radius 3 is 1.64 bits per heavy atom. The molecule has 1 fully saturated rings. The number of carbonyl (C=O) groups excluding carboxylic acids is 4. The standard InChI is InChI=1S/C33H37FN2O6.C32H33F4NO6/c1-19-16-21(6-8-23(19)34)29-30-22(32(2,3)13-15-41-30)18-28(36-29)33(4,39)12-10-24(37)20-7-9-25(27(17-20)40-5)42-26-11-14-35-31(26)38;1-18-14-21(6-8-23(18)33)28-29-22(30(3,4)12-13-42-29)16-27(37-28)31(40,32(34,35)36)11-10-24(39)20-7-9-25(26(15-20)41-5)43-17-19(2)38/h6-9,16-18,26,39H,10-15H2,1-5H3,(H,35,38);6-9,14-16,40H,10-13,17H2,1-5H3. The Bertz CT molecular complexity index is 3550. The first-order valence-corrected chi connectivity index (χ1v) is 27.9. The summed E-state index contributed by atoms with van der Waals surface area (Å²) in [6, 6.07) is 20.8. The number of nitrogens with zero attached hydrogens (tertiary/aromatic N) is 2. The van der Waals surface area contributed by atoms with Crippen molar-refractivity contribution in [1.82, 2.24) is 15.3 Å². The molecule has 1 amide bonds. The maximum atomic E-state index is 14.7. The van der Waals surface area contributed by atoms with Crippen molar-refractivity contribution in [3.8, 4) is 57.0 Å². The van der Waals surface area contributed by atoms with Gasteiger partial charge in [-0.15, -0.1) is 0 Å². The highest BCUT2D eigenvalue weighted by atomic mass is 19.4. The Morgan fingerprint density at radius 1 is 0.682 bits per heavy atom. The number of hydrogen-bond acceptors (Lipinski definition) is 14. The number of nitrogens with one attached hydrogen (secondary N) is 1. The molecule has 0 bridgehead atoms. The zero-order valence-corrected chi connectivity index (χ0v) is 49.2. The van der Waals surface area contributed by atoms with Gasteiger partial charge in [0.1, 0.15) is 46.7 Å². The van der Waals surface area contributed by atoms with E-state index >= 15 is 0 Å². The summed E-state index contributed by atoms with van der Waals surface area (Å²) in [6.45, 7) is 15.3. The van der Waals surface area contributed by atoms with Gasteiger partial charge in [-0.25, -0.2) is 18.7 Å². The normalized spacial score (nSPS) is 17.2. The average molecular weight is 1180 g/mol. The molecule has 0 aliphatic carbocycles. The first-order chi connectivity index (χ1) is 40.0. The number of fused-ring (bicyclic) bond motifs is 2. The van der Waals surface area contributed by atoms with E-state index in [0.717, 1.165) is 12.0 Å². The van der Waals surface area contributed by atoms with E-state index in [9.17, 15) is 51.3 Å². The molecule has 452 valence electrons. The summed E-state index contributed by atoms with van der Waals surface area (Å²) >= 11 is 0. The number of halogens is 5. The monoisotopic (exact) mass is 1180 g/mol. The van der Waals surface area contributed by atoms with Crippen LogP contribution in [0.5, 0.6) is 34.5 Å².